The van der Waals surface area contributed by atoms with Crippen LogP contribution >= 0.6 is 0 Å². The maximum Gasteiger partial charge on any atom is 0.261 e. The van der Waals surface area contributed by atoms with Crippen LogP contribution in [0.15, 0.2) is 59.5 Å². The van der Waals surface area contributed by atoms with Crippen molar-refractivity contribution in [1.29, 1.82) is 0 Å². The molecule has 0 spiro atoms. The van der Waals surface area contributed by atoms with Gasteiger partial charge in [0.15, 0.2) is 0 Å². The first-order valence-corrected chi connectivity index (χ1v) is 11.3. The van der Waals surface area contributed by atoms with Gasteiger partial charge in [-0.2, -0.15) is 0 Å². The molecule has 1 saturated heterocycles. The number of rotatable bonds is 9. The van der Waals surface area contributed by atoms with Crippen LogP contribution in [0.3, 0.4) is 0 Å². The Morgan fingerprint density at radius 1 is 0.966 bits per heavy atom. The van der Waals surface area contributed by atoms with Crippen molar-refractivity contribution < 1.29 is 17.9 Å². The van der Waals surface area contributed by atoms with E-state index in [1.165, 1.54) is 12.1 Å². The molecular formula is C21H27N3O4S. The molecule has 0 unspecified atom stereocenters. The van der Waals surface area contributed by atoms with E-state index in [0.717, 1.165) is 45.7 Å². The normalized spacial score (nSPS) is 15.0. The zero-order chi connectivity index (χ0) is 20.5. The lowest BCUT2D eigenvalue weighted by molar-refractivity contribution is 0.0372. The van der Waals surface area contributed by atoms with Crippen LogP contribution < -0.4 is 10.0 Å². The fourth-order valence-corrected chi connectivity index (χ4v) is 4.17. The number of hydrogen-bond acceptors (Lipinski definition) is 5. The first-order valence-electron chi connectivity index (χ1n) is 9.81. The van der Waals surface area contributed by atoms with Crippen molar-refractivity contribution in [2.75, 3.05) is 44.1 Å². The van der Waals surface area contributed by atoms with Crippen molar-refractivity contribution in [3.05, 3.63) is 60.2 Å². The van der Waals surface area contributed by atoms with Gasteiger partial charge in [0, 0.05) is 30.9 Å². The number of unbranched alkanes of at least 4 members (excludes halogenated alkanes) is 1. The van der Waals surface area contributed by atoms with Gasteiger partial charge in [0.1, 0.15) is 0 Å². The fraction of sp³-hybridized carbons (Fsp3) is 0.381. The molecule has 8 heteroatoms. The Labute approximate surface area is 172 Å². The summed E-state index contributed by atoms with van der Waals surface area (Å²) in [5.74, 6) is -0.158. The summed E-state index contributed by atoms with van der Waals surface area (Å²) in [5, 5.41) is 2.91. The lowest BCUT2D eigenvalue weighted by Gasteiger charge is -2.26. The van der Waals surface area contributed by atoms with Gasteiger partial charge in [-0.25, -0.2) is 8.42 Å². The monoisotopic (exact) mass is 417 g/mol. The highest BCUT2D eigenvalue weighted by Crippen LogP contribution is 2.16. The minimum atomic E-state index is -3.64. The number of benzene rings is 2. The maximum absolute atomic E-state index is 12.3. The minimum absolute atomic E-state index is 0.158. The molecule has 0 aromatic heterocycles. The van der Waals surface area contributed by atoms with E-state index in [1.54, 1.807) is 42.5 Å². The molecule has 1 heterocycles. The van der Waals surface area contributed by atoms with Crippen molar-refractivity contribution in [3.63, 3.8) is 0 Å². The van der Waals surface area contributed by atoms with Crippen molar-refractivity contribution in [3.8, 4) is 0 Å². The molecule has 3 rings (SSSR count). The maximum atomic E-state index is 12.3. The lowest BCUT2D eigenvalue weighted by Crippen LogP contribution is -2.37. The van der Waals surface area contributed by atoms with Crippen molar-refractivity contribution in [2.45, 2.75) is 17.7 Å². The number of ether oxygens (including phenoxy) is 1. The van der Waals surface area contributed by atoms with Crippen LogP contribution in [0.25, 0.3) is 0 Å². The Kier molecular flexibility index (Phi) is 7.62. The van der Waals surface area contributed by atoms with Crippen LogP contribution in [0.5, 0.6) is 0 Å². The number of morpholine rings is 1. The molecule has 2 aromatic rings. The smallest absolute Gasteiger partial charge is 0.261 e. The summed E-state index contributed by atoms with van der Waals surface area (Å²) in [4.78, 5) is 14.8. The van der Waals surface area contributed by atoms with E-state index in [-0.39, 0.29) is 10.8 Å². The van der Waals surface area contributed by atoms with Gasteiger partial charge in [-0.3, -0.25) is 14.4 Å². The predicted octanol–water partition coefficient (Wildman–Crippen LogP) is 2.33. The summed E-state index contributed by atoms with van der Waals surface area (Å²) in [6.45, 7) is 5.20. The van der Waals surface area contributed by atoms with Gasteiger partial charge < -0.3 is 10.1 Å². The third-order valence-electron chi connectivity index (χ3n) is 4.74. The number of nitrogens with one attached hydrogen (secondary N) is 2. The minimum Gasteiger partial charge on any atom is -0.379 e. The number of carbonyl (C=O) groups is 1. The zero-order valence-corrected chi connectivity index (χ0v) is 17.2. The second kappa shape index (κ2) is 10.4. The van der Waals surface area contributed by atoms with Gasteiger partial charge in [-0.1, -0.05) is 18.2 Å². The third kappa shape index (κ3) is 6.56. The number of hydrogen-bond donors (Lipinski definition) is 2. The highest BCUT2D eigenvalue weighted by molar-refractivity contribution is 7.92. The predicted molar refractivity (Wildman–Crippen MR) is 113 cm³/mol. The van der Waals surface area contributed by atoms with Crippen LogP contribution in [0.4, 0.5) is 5.69 Å². The first-order chi connectivity index (χ1) is 14.0. The summed E-state index contributed by atoms with van der Waals surface area (Å²) >= 11 is 0. The average Bonchev–Trinajstić information content (AvgIpc) is 2.75. The van der Waals surface area contributed by atoms with Crippen molar-refractivity contribution >= 4 is 21.6 Å². The van der Waals surface area contributed by atoms with Crippen LogP contribution in [0.1, 0.15) is 23.2 Å². The van der Waals surface area contributed by atoms with E-state index in [0.29, 0.717) is 17.8 Å². The summed E-state index contributed by atoms with van der Waals surface area (Å²) < 4.78 is 32.5. The number of amides is 1. The molecular weight excluding hydrogens is 390 g/mol. The Morgan fingerprint density at radius 2 is 1.66 bits per heavy atom. The van der Waals surface area contributed by atoms with E-state index in [2.05, 4.69) is 14.9 Å². The van der Waals surface area contributed by atoms with Crippen LogP contribution in [0.2, 0.25) is 0 Å². The summed E-state index contributed by atoms with van der Waals surface area (Å²) in [6, 6.07) is 14.6. The molecule has 1 amide bonds. The van der Waals surface area contributed by atoms with Gasteiger partial charge in [-0.15, -0.1) is 0 Å². The summed E-state index contributed by atoms with van der Waals surface area (Å²) in [5.41, 5.74) is 0.914. The van der Waals surface area contributed by atoms with Crippen molar-refractivity contribution in [2.24, 2.45) is 0 Å². The number of nitrogens with zero attached hydrogens (tertiary/aromatic N) is 1. The molecule has 29 heavy (non-hydrogen) atoms. The highest BCUT2D eigenvalue weighted by atomic mass is 32.2. The van der Waals surface area contributed by atoms with E-state index in [4.69, 9.17) is 4.74 Å². The summed E-state index contributed by atoms with van der Waals surface area (Å²) in [7, 11) is -3.64. The molecule has 0 atom stereocenters. The molecule has 2 N–H and O–H groups in total. The fourth-order valence-electron chi connectivity index (χ4n) is 3.09. The average molecular weight is 418 g/mol. The largest absolute Gasteiger partial charge is 0.379 e. The quantitative estimate of drug-likeness (QED) is 0.612. The van der Waals surface area contributed by atoms with Gasteiger partial charge >= 0.3 is 0 Å². The SMILES string of the molecule is O=C(NCCCCN1CCOCC1)c1ccc(NS(=O)(=O)c2ccccc2)cc1. The molecule has 7 nitrogen and oxygen atoms in total. The third-order valence-corrected chi connectivity index (χ3v) is 6.14. The van der Waals surface area contributed by atoms with E-state index in [9.17, 15) is 13.2 Å². The molecule has 1 aliphatic rings. The molecule has 0 aliphatic carbocycles. The Morgan fingerprint density at radius 3 is 2.34 bits per heavy atom. The van der Waals surface area contributed by atoms with Crippen LogP contribution in [-0.2, 0) is 14.8 Å². The topological polar surface area (TPSA) is 87.7 Å². The first kappa shape index (κ1) is 21.3. The van der Waals surface area contributed by atoms with Gasteiger partial charge in [0.2, 0.25) is 0 Å². The Balaban J connectivity index is 1.42. The second-order valence-electron chi connectivity index (χ2n) is 6.91. The second-order valence-corrected chi connectivity index (χ2v) is 8.60. The number of anilines is 1. The van der Waals surface area contributed by atoms with Gasteiger partial charge in [0.05, 0.1) is 18.1 Å². The number of sulfonamides is 1. The molecule has 0 saturated carbocycles. The molecule has 0 radical (unpaired) electrons. The van der Waals surface area contributed by atoms with Gasteiger partial charge in [-0.05, 0) is 55.8 Å². The van der Waals surface area contributed by atoms with Gasteiger partial charge in [0.25, 0.3) is 15.9 Å². The zero-order valence-electron chi connectivity index (χ0n) is 16.3. The van der Waals surface area contributed by atoms with E-state index >= 15 is 0 Å². The van der Waals surface area contributed by atoms with E-state index in [1.807, 2.05) is 0 Å². The molecule has 156 valence electrons. The lowest BCUT2D eigenvalue weighted by atomic mass is 10.2. The molecule has 1 fully saturated rings. The highest BCUT2D eigenvalue weighted by Gasteiger charge is 2.14. The standard InChI is InChI=1S/C21H27N3O4S/c25-21(22-12-4-5-13-24-14-16-28-17-15-24)18-8-10-19(11-9-18)23-29(26,27)20-6-2-1-3-7-20/h1-3,6-11,23H,4-5,12-17H2,(H,22,25). The number of carbonyl (C=O) groups excluding carboxylic acids is 1. The Hall–Kier alpha value is -2.42. The molecule has 2 aromatic carbocycles. The summed E-state index contributed by atoms with van der Waals surface area (Å²) in [6.07, 6.45) is 1.94. The molecule has 0 bridgehead atoms. The van der Waals surface area contributed by atoms with Crippen molar-refractivity contribution in [1.82, 2.24) is 10.2 Å². The molecule has 1 aliphatic heterocycles. The van der Waals surface area contributed by atoms with E-state index < -0.39 is 10.0 Å². The van der Waals surface area contributed by atoms with Crippen LogP contribution in [-0.4, -0.2) is 58.6 Å². The Bertz CT molecular complexity index is 880. The van der Waals surface area contributed by atoms with Crippen LogP contribution in [0, 0.1) is 0 Å².